The third kappa shape index (κ3) is 6.16. The first-order valence-corrected chi connectivity index (χ1v) is 12.1. The summed E-state index contributed by atoms with van der Waals surface area (Å²) >= 11 is 0. The molecule has 0 bridgehead atoms. The fraction of sp³-hybridized carbons (Fsp3) is 0.370. The maximum Gasteiger partial charge on any atom is 0.287 e. The van der Waals surface area contributed by atoms with Gasteiger partial charge in [-0.3, -0.25) is 14.4 Å². The molecule has 1 unspecified atom stereocenters. The average molecular weight is 494 g/mol. The highest BCUT2D eigenvalue weighted by atomic mass is 16.5. The third-order valence-corrected chi connectivity index (χ3v) is 6.24. The fourth-order valence-corrected chi connectivity index (χ4v) is 4.42. The Morgan fingerprint density at radius 3 is 2.58 bits per heavy atom. The van der Waals surface area contributed by atoms with Crippen molar-refractivity contribution in [1.29, 1.82) is 0 Å². The van der Waals surface area contributed by atoms with Crippen LogP contribution in [0.25, 0.3) is 0 Å². The standard InChI is InChI=1S/C27H31N3O6/c1-18-12-13-22(36-18)25(27(33)29-20-8-3-4-9-20)30(17-19-7-5-10-21(15-19)34-2)24(31)16-28-26(32)23-11-6-14-35-23/h5-7,10-15,20,25H,3-4,8-9,16-17H2,1-2H3,(H,28,32)(H,29,33). The molecule has 0 radical (unpaired) electrons. The molecule has 1 aromatic carbocycles. The van der Waals surface area contributed by atoms with E-state index in [0.29, 0.717) is 17.3 Å². The van der Waals surface area contributed by atoms with Gasteiger partial charge in [0.25, 0.3) is 11.8 Å². The number of amides is 3. The lowest BCUT2D eigenvalue weighted by molar-refractivity contribution is -0.141. The topological polar surface area (TPSA) is 114 Å². The van der Waals surface area contributed by atoms with Crippen LogP contribution in [-0.4, -0.2) is 42.3 Å². The second-order valence-electron chi connectivity index (χ2n) is 8.87. The van der Waals surface area contributed by atoms with Gasteiger partial charge >= 0.3 is 0 Å². The molecule has 2 N–H and O–H groups in total. The summed E-state index contributed by atoms with van der Waals surface area (Å²) in [6, 6.07) is 12.9. The van der Waals surface area contributed by atoms with Crippen LogP contribution >= 0.6 is 0 Å². The molecule has 0 saturated heterocycles. The molecule has 4 rings (SSSR count). The van der Waals surface area contributed by atoms with E-state index in [-0.39, 0.29) is 30.8 Å². The highest BCUT2D eigenvalue weighted by Gasteiger charge is 2.35. The molecule has 3 amide bonds. The van der Waals surface area contributed by atoms with E-state index in [4.69, 9.17) is 13.6 Å². The number of hydrogen-bond acceptors (Lipinski definition) is 6. The number of nitrogens with one attached hydrogen (secondary N) is 2. The lowest BCUT2D eigenvalue weighted by Gasteiger charge is -2.31. The minimum absolute atomic E-state index is 0.0588. The van der Waals surface area contributed by atoms with Crippen LogP contribution in [0.15, 0.2) is 63.6 Å². The van der Waals surface area contributed by atoms with Crippen LogP contribution in [0.4, 0.5) is 0 Å². The number of hydrogen-bond donors (Lipinski definition) is 2. The first-order valence-electron chi connectivity index (χ1n) is 12.1. The van der Waals surface area contributed by atoms with E-state index in [9.17, 15) is 14.4 Å². The Balaban J connectivity index is 1.63. The van der Waals surface area contributed by atoms with Gasteiger partial charge in [-0.15, -0.1) is 0 Å². The van der Waals surface area contributed by atoms with Crippen molar-refractivity contribution in [1.82, 2.24) is 15.5 Å². The molecule has 1 fully saturated rings. The van der Waals surface area contributed by atoms with Gasteiger partial charge < -0.3 is 29.1 Å². The summed E-state index contributed by atoms with van der Waals surface area (Å²) in [5.41, 5.74) is 0.766. The zero-order valence-corrected chi connectivity index (χ0v) is 20.5. The summed E-state index contributed by atoms with van der Waals surface area (Å²) < 4.78 is 16.3. The molecule has 2 aromatic heterocycles. The highest BCUT2D eigenvalue weighted by molar-refractivity contribution is 5.95. The number of rotatable bonds is 10. The number of carbonyl (C=O) groups is 3. The van der Waals surface area contributed by atoms with Gasteiger partial charge in [0.05, 0.1) is 19.9 Å². The van der Waals surface area contributed by atoms with E-state index in [1.165, 1.54) is 17.2 Å². The molecule has 1 aliphatic rings. The van der Waals surface area contributed by atoms with Crippen LogP contribution in [0.3, 0.4) is 0 Å². The number of aryl methyl sites for hydroxylation is 1. The molecule has 36 heavy (non-hydrogen) atoms. The summed E-state index contributed by atoms with van der Waals surface area (Å²) in [6.45, 7) is 1.57. The van der Waals surface area contributed by atoms with Gasteiger partial charge in [0.2, 0.25) is 5.91 Å². The Morgan fingerprint density at radius 2 is 1.92 bits per heavy atom. The minimum Gasteiger partial charge on any atom is -0.497 e. The zero-order chi connectivity index (χ0) is 25.5. The maximum absolute atomic E-state index is 13.6. The highest BCUT2D eigenvalue weighted by Crippen LogP contribution is 2.28. The first kappa shape index (κ1) is 25.1. The number of carbonyl (C=O) groups excluding carboxylic acids is 3. The van der Waals surface area contributed by atoms with Crippen molar-refractivity contribution in [3.8, 4) is 5.75 Å². The largest absolute Gasteiger partial charge is 0.497 e. The fourth-order valence-electron chi connectivity index (χ4n) is 4.42. The van der Waals surface area contributed by atoms with Crippen molar-refractivity contribution in [3.05, 3.63) is 77.6 Å². The number of benzene rings is 1. The molecular weight excluding hydrogens is 462 g/mol. The molecule has 9 heteroatoms. The summed E-state index contributed by atoms with van der Waals surface area (Å²) in [5, 5.41) is 5.68. The van der Waals surface area contributed by atoms with Crippen molar-refractivity contribution in [2.45, 2.75) is 51.2 Å². The minimum atomic E-state index is -1.02. The van der Waals surface area contributed by atoms with E-state index in [0.717, 1.165) is 31.2 Å². The van der Waals surface area contributed by atoms with Gasteiger partial charge in [-0.2, -0.15) is 0 Å². The average Bonchev–Trinajstić information content (AvgIpc) is 3.66. The van der Waals surface area contributed by atoms with Gasteiger partial charge in [-0.05, 0) is 61.7 Å². The predicted molar refractivity (Wildman–Crippen MR) is 131 cm³/mol. The Morgan fingerprint density at radius 1 is 1.11 bits per heavy atom. The van der Waals surface area contributed by atoms with Crippen molar-refractivity contribution in [2.75, 3.05) is 13.7 Å². The van der Waals surface area contributed by atoms with E-state index in [1.54, 1.807) is 44.4 Å². The van der Waals surface area contributed by atoms with Crippen LogP contribution < -0.4 is 15.4 Å². The van der Waals surface area contributed by atoms with Crippen LogP contribution in [0.5, 0.6) is 5.75 Å². The SMILES string of the molecule is COc1cccc(CN(C(=O)CNC(=O)c2ccco2)C(C(=O)NC2CCCC2)c2ccc(C)o2)c1. The monoisotopic (exact) mass is 493 g/mol. The van der Waals surface area contributed by atoms with Crippen molar-refractivity contribution in [2.24, 2.45) is 0 Å². The van der Waals surface area contributed by atoms with Gasteiger partial charge in [0.15, 0.2) is 11.8 Å². The molecular formula is C27H31N3O6. The van der Waals surface area contributed by atoms with Crippen molar-refractivity contribution in [3.63, 3.8) is 0 Å². The van der Waals surface area contributed by atoms with E-state index < -0.39 is 17.9 Å². The van der Waals surface area contributed by atoms with E-state index in [1.807, 2.05) is 12.1 Å². The molecule has 1 atom stereocenters. The van der Waals surface area contributed by atoms with Gasteiger partial charge in [-0.25, -0.2) is 0 Å². The van der Waals surface area contributed by atoms with E-state index >= 15 is 0 Å². The third-order valence-electron chi connectivity index (χ3n) is 6.24. The van der Waals surface area contributed by atoms with Gasteiger partial charge in [-0.1, -0.05) is 25.0 Å². The number of methoxy groups -OCH3 is 1. The zero-order valence-electron chi connectivity index (χ0n) is 20.5. The molecule has 0 spiro atoms. The van der Waals surface area contributed by atoms with Crippen molar-refractivity contribution >= 4 is 17.7 Å². The van der Waals surface area contributed by atoms with Crippen LogP contribution in [0, 0.1) is 6.92 Å². The van der Waals surface area contributed by atoms with Gasteiger partial charge in [0, 0.05) is 12.6 Å². The smallest absolute Gasteiger partial charge is 0.287 e. The van der Waals surface area contributed by atoms with Crippen LogP contribution in [0.1, 0.15) is 59.4 Å². The molecule has 2 heterocycles. The molecule has 190 valence electrons. The van der Waals surface area contributed by atoms with Crippen LogP contribution in [0.2, 0.25) is 0 Å². The Labute approximate surface area is 209 Å². The van der Waals surface area contributed by atoms with E-state index in [2.05, 4.69) is 10.6 Å². The summed E-state index contributed by atoms with van der Waals surface area (Å²) in [5.74, 6) is 0.435. The molecule has 9 nitrogen and oxygen atoms in total. The lowest BCUT2D eigenvalue weighted by Crippen LogP contribution is -2.48. The number of nitrogens with zero attached hydrogens (tertiary/aromatic N) is 1. The number of furan rings is 2. The molecule has 1 saturated carbocycles. The lowest BCUT2D eigenvalue weighted by atomic mass is 10.1. The Bertz CT molecular complexity index is 1180. The summed E-state index contributed by atoms with van der Waals surface area (Å²) in [6.07, 6.45) is 5.30. The molecule has 0 aliphatic heterocycles. The van der Waals surface area contributed by atoms with Gasteiger partial charge in [0.1, 0.15) is 17.3 Å². The Kier molecular flexibility index (Phi) is 8.10. The second kappa shape index (κ2) is 11.6. The first-order chi connectivity index (χ1) is 17.4. The molecule has 1 aliphatic carbocycles. The Hall–Kier alpha value is -4.01. The second-order valence-corrected chi connectivity index (χ2v) is 8.87. The molecule has 3 aromatic rings. The van der Waals surface area contributed by atoms with Crippen LogP contribution in [-0.2, 0) is 16.1 Å². The van der Waals surface area contributed by atoms with Crippen molar-refractivity contribution < 1.29 is 28.0 Å². The maximum atomic E-state index is 13.6. The normalized spacial score (nSPS) is 14.3. The predicted octanol–water partition coefficient (Wildman–Crippen LogP) is 3.75. The number of ether oxygens (including phenoxy) is 1. The quantitative estimate of drug-likeness (QED) is 0.445. The summed E-state index contributed by atoms with van der Waals surface area (Å²) in [4.78, 5) is 41.0. The summed E-state index contributed by atoms with van der Waals surface area (Å²) in [7, 11) is 1.57.